The molecule has 0 radical (unpaired) electrons. The number of ether oxygens (including phenoxy) is 2. The summed E-state index contributed by atoms with van der Waals surface area (Å²) < 4.78 is 40.9. The number of hydrogen-bond donors (Lipinski definition) is 4. The van der Waals surface area contributed by atoms with Gasteiger partial charge in [0.05, 0.1) is 11.3 Å². The molecular weight excluding hydrogens is 620 g/mol. The lowest BCUT2D eigenvalue weighted by Gasteiger charge is -2.19. The zero-order valence-corrected chi connectivity index (χ0v) is 28.2. The summed E-state index contributed by atoms with van der Waals surface area (Å²) in [7, 11) is -4.05. The quantitative estimate of drug-likeness (QED) is 0.125. The van der Waals surface area contributed by atoms with Gasteiger partial charge in [-0.1, -0.05) is 48.5 Å². The van der Waals surface area contributed by atoms with Crippen LogP contribution in [0.2, 0.25) is 0 Å². The van der Waals surface area contributed by atoms with Crippen LogP contribution in [-0.4, -0.2) is 56.3 Å². The first kappa shape index (κ1) is 33.8. The lowest BCUT2D eigenvalue weighted by molar-refractivity contribution is -0.137. The van der Waals surface area contributed by atoms with Gasteiger partial charge < -0.3 is 25.6 Å². The number of nitrogens with one attached hydrogen (secondary N) is 2. The number of carbonyl (C=O) groups is 2. The number of aliphatic imine (C=N–C) groups is 1. The van der Waals surface area contributed by atoms with Crippen molar-refractivity contribution in [3.05, 3.63) is 81.9 Å². The van der Waals surface area contributed by atoms with E-state index in [2.05, 4.69) is 15.0 Å². The number of nitrogens with two attached hydrogens (primary N) is 1. The minimum atomic E-state index is -4.05. The molecule has 1 atom stereocenters. The van der Waals surface area contributed by atoms with Gasteiger partial charge in [0.2, 0.25) is 5.96 Å². The van der Waals surface area contributed by atoms with Crippen LogP contribution in [0, 0.1) is 20.8 Å². The van der Waals surface area contributed by atoms with Gasteiger partial charge in [0.15, 0.2) is 0 Å². The molecule has 5 N–H and O–H groups in total. The minimum absolute atomic E-state index is 0.105. The second-order valence-corrected chi connectivity index (χ2v) is 14.4. The third-order valence-electron chi connectivity index (χ3n) is 8.88. The molecule has 2 aliphatic rings. The highest BCUT2D eigenvalue weighted by Crippen LogP contribution is 2.45. The predicted octanol–water partition coefficient (Wildman–Crippen LogP) is 5.08. The molecule has 0 fully saturated rings. The Balaban J connectivity index is 1.17. The smallest absolute Gasteiger partial charge is 0.407 e. The van der Waals surface area contributed by atoms with Crippen molar-refractivity contribution in [2.45, 2.75) is 82.8 Å². The van der Waals surface area contributed by atoms with E-state index in [0.717, 1.165) is 39.1 Å². The summed E-state index contributed by atoms with van der Waals surface area (Å²) in [5, 5.41) is 12.1. The molecule has 5 rings (SSSR count). The number of nitrogens with zero attached hydrogens (tertiary/aromatic N) is 1. The van der Waals surface area contributed by atoms with Gasteiger partial charge in [-0.25, -0.2) is 17.9 Å². The molecule has 3 aromatic carbocycles. The molecule has 0 spiro atoms. The van der Waals surface area contributed by atoms with Crippen molar-refractivity contribution in [2.24, 2.45) is 10.7 Å². The highest BCUT2D eigenvalue weighted by atomic mass is 32.2. The monoisotopic (exact) mass is 662 g/mol. The van der Waals surface area contributed by atoms with Gasteiger partial charge in [0, 0.05) is 30.5 Å². The normalized spacial score (nSPS) is 15.6. The lowest BCUT2D eigenvalue weighted by Crippen LogP contribution is -2.38. The van der Waals surface area contributed by atoms with Crippen LogP contribution in [0.4, 0.5) is 4.79 Å². The fraction of sp³-hybridized carbons (Fsp3) is 0.400. The first-order valence-electron chi connectivity index (χ1n) is 15.7. The van der Waals surface area contributed by atoms with E-state index >= 15 is 0 Å². The van der Waals surface area contributed by atoms with Crippen molar-refractivity contribution in [1.82, 2.24) is 10.0 Å². The van der Waals surface area contributed by atoms with Crippen LogP contribution in [0.15, 0.2) is 58.4 Å². The predicted molar refractivity (Wildman–Crippen MR) is 179 cm³/mol. The molecule has 0 aromatic heterocycles. The summed E-state index contributed by atoms with van der Waals surface area (Å²) in [6.07, 6.45) is 0.165. The van der Waals surface area contributed by atoms with Gasteiger partial charge in [-0.2, -0.15) is 0 Å². The van der Waals surface area contributed by atoms with E-state index in [4.69, 9.17) is 15.2 Å². The topological polar surface area (TPSA) is 169 Å². The third kappa shape index (κ3) is 7.22. The average Bonchev–Trinajstić information content (AvgIpc) is 3.50. The number of amides is 1. The molecule has 1 aliphatic carbocycles. The molecule has 0 saturated heterocycles. The summed E-state index contributed by atoms with van der Waals surface area (Å²) in [6, 6.07) is 15.3. The molecule has 0 unspecified atom stereocenters. The maximum atomic E-state index is 13.4. The van der Waals surface area contributed by atoms with Crippen LogP contribution in [-0.2, 0) is 26.0 Å². The summed E-state index contributed by atoms with van der Waals surface area (Å²) in [6.45, 7) is 9.50. The number of benzene rings is 3. The summed E-state index contributed by atoms with van der Waals surface area (Å²) >= 11 is 0. The van der Waals surface area contributed by atoms with Crippen LogP contribution in [0.3, 0.4) is 0 Å². The van der Waals surface area contributed by atoms with E-state index in [1.807, 2.05) is 69.3 Å². The molecule has 47 heavy (non-hydrogen) atoms. The number of fused-ring (bicyclic) bond motifs is 4. The molecular formula is C35H42N4O7S. The van der Waals surface area contributed by atoms with Crippen LogP contribution < -0.4 is 20.5 Å². The summed E-state index contributed by atoms with van der Waals surface area (Å²) in [4.78, 5) is 28.6. The zero-order valence-electron chi connectivity index (χ0n) is 27.3. The van der Waals surface area contributed by atoms with Gasteiger partial charge in [0.1, 0.15) is 18.0 Å². The molecule has 3 aromatic rings. The first-order valence-corrected chi connectivity index (χ1v) is 17.1. The number of carboxylic acid groups (broad SMARTS) is 1. The van der Waals surface area contributed by atoms with Crippen LogP contribution >= 0.6 is 0 Å². The second kappa shape index (κ2) is 13.3. The maximum Gasteiger partial charge on any atom is 0.407 e. The standard InChI is InChI=1S/C35H42N4O7S/c1-20-21(2)32(22(3)28-18-35(4,5)46-31(20)28)47(43,44)39-33(36)37-16-10-11-23(17-30(40)41)38-34(42)45-19-29-26-14-8-6-12-24(26)25-13-7-9-15-27(25)29/h6-9,12-15,23,29H,10-11,16-19H2,1-5H3,(H,38,42)(H,40,41)(H3,36,37,39)/t23-/m1/s1. The number of rotatable bonds is 11. The number of aliphatic carboxylic acids is 1. The van der Waals surface area contributed by atoms with Crippen molar-refractivity contribution >= 4 is 28.0 Å². The number of sulfonamides is 1. The van der Waals surface area contributed by atoms with Crippen LogP contribution in [0.1, 0.15) is 72.4 Å². The SMILES string of the molecule is Cc1c(C)c(S(=O)(=O)NC(N)=NCCC[C@H](CC(=O)O)NC(=O)OCC2c3ccccc3-c3ccccc32)c(C)c2c1OC(C)(C)C2. The molecule has 11 nitrogen and oxygen atoms in total. The first-order chi connectivity index (χ1) is 22.2. The summed E-state index contributed by atoms with van der Waals surface area (Å²) in [5.74, 6) is -0.750. The van der Waals surface area contributed by atoms with Gasteiger partial charge >= 0.3 is 12.1 Å². The van der Waals surface area contributed by atoms with Gasteiger partial charge in [-0.3, -0.25) is 9.79 Å². The molecule has 0 bridgehead atoms. The van der Waals surface area contributed by atoms with E-state index < -0.39 is 33.7 Å². The highest BCUT2D eigenvalue weighted by Gasteiger charge is 2.37. The molecule has 12 heteroatoms. The number of carbonyl (C=O) groups excluding carboxylic acids is 1. The molecule has 1 aliphatic heterocycles. The van der Waals surface area contributed by atoms with E-state index in [1.54, 1.807) is 13.8 Å². The van der Waals surface area contributed by atoms with E-state index in [0.29, 0.717) is 24.0 Å². The fourth-order valence-electron chi connectivity index (χ4n) is 6.65. The molecule has 1 heterocycles. The maximum absolute atomic E-state index is 13.4. The zero-order chi connectivity index (χ0) is 34.1. The Morgan fingerprint density at radius 3 is 2.28 bits per heavy atom. The molecule has 1 amide bonds. The Kier molecular flexibility index (Phi) is 9.53. The van der Waals surface area contributed by atoms with Gasteiger partial charge in [-0.15, -0.1) is 0 Å². The fourth-order valence-corrected chi connectivity index (χ4v) is 8.17. The molecule has 250 valence electrons. The van der Waals surface area contributed by atoms with E-state index in [1.165, 1.54) is 0 Å². The molecule has 0 saturated carbocycles. The van der Waals surface area contributed by atoms with Crippen molar-refractivity contribution in [2.75, 3.05) is 13.2 Å². The van der Waals surface area contributed by atoms with E-state index in [-0.39, 0.29) is 42.8 Å². The Morgan fingerprint density at radius 1 is 1.04 bits per heavy atom. The van der Waals surface area contributed by atoms with Crippen LogP contribution in [0.25, 0.3) is 11.1 Å². The van der Waals surface area contributed by atoms with Crippen molar-refractivity contribution in [1.29, 1.82) is 0 Å². The van der Waals surface area contributed by atoms with Crippen LogP contribution in [0.5, 0.6) is 5.75 Å². The van der Waals surface area contributed by atoms with Crippen molar-refractivity contribution < 1.29 is 32.6 Å². The number of guanidine groups is 1. The van der Waals surface area contributed by atoms with Gasteiger partial charge in [-0.05, 0) is 86.4 Å². The van der Waals surface area contributed by atoms with E-state index in [9.17, 15) is 23.1 Å². The lowest BCUT2D eigenvalue weighted by atomic mass is 9.94. The minimum Gasteiger partial charge on any atom is -0.487 e. The van der Waals surface area contributed by atoms with Crippen molar-refractivity contribution in [3.8, 4) is 16.9 Å². The Hall–Kier alpha value is -4.58. The largest absolute Gasteiger partial charge is 0.487 e. The number of carboxylic acids is 1. The Bertz CT molecular complexity index is 1810. The average molecular weight is 663 g/mol. The highest BCUT2D eigenvalue weighted by molar-refractivity contribution is 7.90. The second-order valence-electron chi connectivity index (χ2n) is 12.8. The Labute approximate surface area is 275 Å². The Morgan fingerprint density at radius 2 is 1.66 bits per heavy atom. The third-order valence-corrected chi connectivity index (χ3v) is 10.5. The van der Waals surface area contributed by atoms with Gasteiger partial charge in [0.25, 0.3) is 10.0 Å². The number of alkyl carbamates (subject to hydrolysis) is 1. The number of hydrogen-bond acceptors (Lipinski definition) is 7. The summed E-state index contributed by atoms with van der Waals surface area (Å²) in [5.41, 5.74) is 12.7. The van der Waals surface area contributed by atoms with Crippen molar-refractivity contribution in [3.63, 3.8) is 0 Å².